The molecule has 0 radical (unpaired) electrons. The number of amides is 1. The fourth-order valence-electron chi connectivity index (χ4n) is 1.43. The van der Waals surface area contributed by atoms with Crippen LogP contribution in [0.25, 0.3) is 0 Å². The minimum Gasteiger partial charge on any atom is -0.495 e. The van der Waals surface area contributed by atoms with Gasteiger partial charge in [-0.3, -0.25) is 4.79 Å². The SMILES string of the molecule is COc1ccsc1C(=O)NCCCC(C)CCl. The Morgan fingerprint density at radius 1 is 1.65 bits per heavy atom. The van der Waals surface area contributed by atoms with Gasteiger partial charge in [0.05, 0.1) is 7.11 Å². The predicted molar refractivity (Wildman–Crippen MR) is 72.3 cm³/mol. The number of hydrogen-bond acceptors (Lipinski definition) is 3. The molecule has 0 aliphatic carbocycles. The monoisotopic (exact) mass is 275 g/mol. The molecular weight excluding hydrogens is 258 g/mol. The molecule has 1 unspecified atom stereocenters. The summed E-state index contributed by atoms with van der Waals surface area (Å²) >= 11 is 7.10. The van der Waals surface area contributed by atoms with Gasteiger partial charge in [0, 0.05) is 12.4 Å². The highest BCUT2D eigenvalue weighted by atomic mass is 35.5. The van der Waals surface area contributed by atoms with Gasteiger partial charge >= 0.3 is 0 Å². The average Bonchev–Trinajstić information content (AvgIpc) is 2.82. The van der Waals surface area contributed by atoms with E-state index < -0.39 is 0 Å². The molecule has 0 bridgehead atoms. The van der Waals surface area contributed by atoms with E-state index in [1.165, 1.54) is 11.3 Å². The third kappa shape index (κ3) is 4.56. The fraction of sp³-hybridized carbons (Fsp3) is 0.583. The summed E-state index contributed by atoms with van der Waals surface area (Å²) in [7, 11) is 1.57. The Morgan fingerprint density at radius 2 is 2.41 bits per heavy atom. The van der Waals surface area contributed by atoms with E-state index in [0.29, 0.717) is 29.0 Å². The number of hydrogen-bond donors (Lipinski definition) is 1. The van der Waals surface area contributed by atoms with Crippen LogP contribution >= 0.6 is 22.9 Å². The van der Waals surface area contributed by atoms with Gasteiger partial charge < -0.3 is 10.1 Å². The van der Waals surface area contributed by atoms with Gasteiger partial charge in [0.1, 0.15) is 10.6 Å². The molecular formula is C12H18ClNO2S. The molecule has 0 saturated heterocycles. The van der Waals surface area contributed by atoms with Crippen LogP contribution in [0.4, 0.5) is 0 Å². The van der Waals surface area contributed by atoms with Crippen molar-refractivity contribution in [1.82, 2.24) is 5.32 Å². The van der Waals surface area contributed by atoms with Crippen molar-refractivity contribution in [2.24, 2.45) is 5.92 Å². The van der Waals surface area contributed by atoms with Gasteiger partial charge in [-0.2, -0.15) is 0 Å². The van der Waals surface area contributed by atoms with E-state index in [1.807, 2.05) is 5.38 Å². The molecule has 0 aromatic carbocycles. The number of rotatable bonds is 7. The standard InChI is InChI=1S/C12H18ClNO2S/c1-9(8-13)4-3-6-14-12(15)11-10(16-2)5-7-17-11/h5,7,9H,3-4,6,8H2,1-2H3,(H,14,15). The van der Waals surface area contributed by atoms with Crippen molar-refractivity contribution in [1.29, 1.82) is 0 Å². The molecule has 1 rings (SSSR count). The molecule has 1 heterocycles. The van der Waals surface area contributed by atoms with Gasteiger partial charge in [-0.15, -0.1) is 22.9 Å². The third-order valence-corrected chi connectivity index (χ3v) is 3.90. The van der Waals surface area contributed by atoms with Crippen molar-refractivity contribution in [3.05, 3.63) is 16.3 Å². The van der Waals surface area contributed by atoms with Crippen LogP contribution in [-0.2, 0) is 0 Å². The van der Waals surface area contributed by atoms with Gasteiger partial charge in [0.25, 0.3) is 5.91 Å². The normalized spacial score (nSPS) is 12.2. The predicted octanol–water partition coefficient (Wildman–Crippen LogP) is 3.14. The van der Waals surface area contributed by atoms with Crippen molar-refractivity contribution in [2.45, 2.75) is 19.8 Å². The summed E-state index contributed by atoms with van der Waals surface area (Å²) in [6.07, 6.45) is 1.98. The van der Waals surface area contributed by atoms with Crippen molar-refractivity contribution in [3.63, 3.8) is 0 Å². The fourth-order valence-corrected chi connectivity index (χ4v) is 2.36. The lowest BCUT2D eigenvalue weighted by Gasteiger charge is -2.08. The van der Waals surface area contributed by atoms with E-state index in [1.54, 1.807) is 13.2 Å². The Bertz CT molecular complexity index is 354. The van der Waals surface area contributed by atoms with E-state index in [2.05, 4.69) is 12.2 Å². The molecule has 0 aliphatic heterocycles. The van der Waals surface area contributed by atoms with Crippen molar-refractivity contribution in [3.8, 4) is 5.75 Å². The van der Waals surface area contributed by atoms with E-state index in [4.69, 9.17) is 16.3 Å². The largest absolute Gasteiger partial charge is 0.495 e. The van der Waals surface area contributed by atoms with Gasteiger partial charge in [-0.1, -0.05) is 6.92 Å². The molecule has 0 spiro atoms. The molecule has 1 aromatic rings. The highest BCUT2D eigenvalue weighted by Crippen LogP contribution is 2.23. The molecule has 1 amide bonds. The highest BCUT2D eigenvalue weighted by molar-refractivity contribution is 7.12. The second kappa shape index (κ2) is 7.56. The molecule has 96 valence electrons. The first-order valence-corrected chi connectivity index (χ1v) is 7.06. The van der Waals surface area contributed by atoms with Crippen LogP contribution in [0.2, 0.25) is 0 Å². The zero-order valence-corrected chi connectivity index (χ0v) is 11.7. The Labute approximate surface area is 111 Å². The average molecular weight is 276 g/mol. The Kier molecular flexibility index (Phi) is 6.37. The number of carbonyl (C=O) groups excluding carboxylic acids is 1. The van der Waals surface area contributed by atoms with Crippen LogP contribution in [0.1, 0.15) is 29.4 Å². The lowest BCUT2D eigenvalue weighted by atomic mass is 10.1. The minimum absolute atomic E-state index is 0.0598. The zero-order valence-electron chi connectivity index (χ0n) is 10.2. The number of halogens is 1. The van der Waals surface area contributed by atoms with Crippen LogP contribution in [0.3, 0.4) is 0 Å². The number of thiophene rings is 1. The first-order chi connectivity index (χ1) is 8.19. The molecule has 5 heteroatoms. The number of methoxy groups -OCH3 is 1. The third-order valence-electron chi connectivity index (χ3n) is 2.48. The lowest BCUT2D eigenvalue weighted by molar-refractivity contribution is 0.0954. The second-order valence-corrected chi connectivity index (χ2v) is 5.20. The van der Waals surface area contributed by atoms with Gasteiger partial charge in [0.15, 0.2) is 0 Å². The summed E-state index contributed by atoms with van der Waals surface area (Å²) in [5.41, 5.74) is 0. The topological polar surface area (TPSA) is 38.3 Å². The first kappa shape index (κ1) is 14.3. The molecule has 1 N–H and O–H groups in total. The summed E-state index contributed by atoms with van der Waals surface area (Å²) in [4.78, 5) is 12.4. The smallest absolute Gasteiger partial charge is 0.265 e. The molecule has 3 nitrogen and oxygen atoms in total. The minimum atomic E-state index is -0.0598. The maximum atomic E-state index is 11.8. The van der Waals surface area contributed by atoms with Gasteiger partial charge in [0.2, 0.25) is 0 Å². The van der Waals surface area contributed by atoms with Crippen LogP contribution in [0, 0.1) is 5.92 Å². The van der Waals surface area contributed by atoms with E-state index in [-0.39, 0.29) is 5.91 Å². The van der Waals surface area contributed by atoms with Crippen molar-refractivity contribution in [2.75, 3.05) is 19.5 Å². The van der Waals surface area contributed by atoms with Crippen LogP contribution < -0.4 is 10.1 Å². The van der Waals surface area contributed by atoms with Crippen LogP contribution in [0.15, 0.2) is 11.4 Å². The quantitative estimate of drug-likeness (QED) is 0.613. The van der Waals surface area contributed by atoms with Crippen molar-refractivity contribution < 1.29 is 9.53 Å². The Hall–Kier alpha value is -0.740. The zero-order chi connectivity index (χ0) is 12.7. The second-order valence-electron chi connectivity index (χ2n) is 3.98. The Morgan fingerprint density at radius 3 is 3.06 bits per heavy atom. The van der Waals surface area contributed by atoms with E-state index in [9.17, 15) is 4.79 Å². The molecule has 0 saturated carbocycles. The Balaban J connectivity index is 2.30. The highest BCUT2D eigenvalue weighted by Gasteiger charge is 2.12. The number of alkyl halides is 1. The van der Waals surface area contributed by atoms with Crippen molar-refractivity contribution >= 4 is 28.8 Å². The van der Waals surface area contributed by atoms with E-state index in [0.717, 1.165) is 12.8 Å². The summed E-state index contributed by atoms with van der Waals surface area (Å²) in [6, 6.07) is 1.80. The number of carbonyl (C=O) groups is 1. The van der Waals surface area contributed by atoms with Crippen LogP contribution in [-0.4, -0.2) is 25.4 Å². The molecule has 1 aromatic heterocycles. The number of nitrogens with one attached hydrogen (secondary N) is 1. The maximum absolute atomic E-state index is 11.8. The summed E-state index contributed by atoms with van der Waals surface area (Å²) < 4.78 is 5.10. The molecule has 0 fully saturated rings. The molecule has 0 aliphatic rings. The van der Waals surface area contributed by atoms with E-state index >= 15 is 0 Å². The molecule has 17 heavy (non-hydrogen) atoms. The van der Waals surface area contributed by atoms with Gasteiger partial charge in [-0.25, -0.2) is 0 Å². The summed E-state index contributed by atoms with van der Waals surface area (Å²) in [5, 5.41) is 4.74. The number of ether oxygens (including phenoxy) is 1. The summed E-state index contributed by atoms with van der Waals surface area (Å²) in [6.45, 7) is 2.79. The summed E-state index contributed by atoms with van der Waals surface area (Å²) in [5.74, 6) is 1.76. The molecule has 1 atom stereocenters. The van der Waals surface area contributed by atoms with Crippen LogP contribution in [0.5, 0.6) is 5.75 Å². The maximum Gasteiger partial charge on any atom is 0.265 e. The lowest BCUT2D eigenvalue weighted by Crippen LogP contribution is -2.24. The van der Waals surface area contributed by atoms with Gasteiger partial charge in [-0.05, 0) is 30.2 Å². The first-order valence-electron chi connectivity index (χ1n) is 5.64.